The van der Waals surface area contributed by atoms with Crippen LogP contribution in [0.3, 0.4) is 0 Å². The molecule has 0 saturated carbocycles. The van der Waals surface area contributed by atoms with Crippen molar-refractivity contribution in [3.8, 4) is 6.07 Å². The average molecular weight is 485 g/mol. The minimum Gasteiger partial charge on any atom is -0.370 e. The fraction of sp³-hybridized carbons (Fsp3) is 0.481. The molecule has 2 fully saturated rings. The Kier molecular flexibility index (Phi) is 6.17. The maximum absolute atomic E-state index is 9.48. The molecule has 3 atom stereocenters. The van der Waals surface area contributed by atoms with Crippen molar-refractivity contribution in [3.63, 3.8) is 0 Å². The molecule has 5 heterocycles. The summed E-state index contributed by atoms with van der Waals surface area (Å²) in [5.74, 6) is 1.09. The van der Waals surface area contributed by atoms with Gasteiger partial charge in [-0.15, -0.1) is 0 Å². The molecule has 0 bridgehead atoms. The van der Waals surface area contributed by atoms with Crippen molar-refractivity contribution >= 4 is 22.5 Å². The summed E-state index contributed by atoms with van der Waals surface area (Å²) in [6.45, 7) is 11.6. The van der Waals surface area contributed by atoms with Gasteiger partial charge in [0.05, 0.1) is 29.2 Å². The fourth-order valence-electron chi connectivity index (χ4n) is 5.75. The smallest absolute Gasteiger partial charge is 0.128 e. The van der Waals surface area contributed by atoms with E-state index in [2.05, 4.69) is 62.0 Å². The van der Waals surface area contributed by atoms with E-state index in [-0.39, 0.29) is 12.2 Å². The topological polar surface area (TPSA) is 93.4 Å². The Labute approximate surface area is 211 Å². The maximum Gasteiger partial charge on any atom is 0.128 e. The molecular formula is C27H32N8O. The van der Waals surface area contributed by atoms with Crippen LogP contribution in [-0.2, 0) is 11.3 Å². The van der Waals surface area contributed by atoms with Gasteiger partial charge in [0, 0.05) is 70.8 Å². The van der Waals surface area contributed by atoms with E-state index in [0.29, 0.717) is 17.1 Å². The number of pyridine rings is 1. The van der Waals surface area contributed by atoms with Crippen molar-refractivity contribution in [2.24, 2.45) is 0 Å². The molecule has 0 aliphatic carbocycles. The zero-order valence-electron chi connectivity index (χ0n) is 20.9. The van der Waals surface area contributed by atoms with Gasteiger partial charge in [0.15, 0.2) is 0 Å². The molecule has 6 rings (SSSR count). The Morgan fingerprint density at radius 2 is 1.81 bits per heavy atom. The zero-order valence-corrected chi connectivity index (χ0v) is 20.9. The van der Waals surface area contributed by atoms with Crippen LogP contribution >= 0.6 is 0 Å². The highest BCUT2D eigenvalue weighted by Crippen LogP contribution is 2.29. The second-order valence-electron chi connectivity index (χ2n) is 10.1. The number of benzene rings is 1. The van der Waals surface area contributed by atoms with E-state index in [1.54, 1.807) is 12.4 Å². The third-order valence-corrected chi connectivity index (χ3v) is 7.59. The lowest BCUT2D eigenvalue weighted by atomic mass is 10.1. The van der Waals surface area contributed by atoms with E-state index in [4.69, 9.17) is 9.72 Å². The number of piperazine rings is 1. The molecule has 9 heteroatoms. The first-order chi connectivity index (χ1) is 17.6. The standard InChI is InChI=1S/C27H32N8O/c1-18-15-35(24-5-3-20(13-28)26-27(24)30-8-7-29-26)17-21(36-18)16-33-9-11-34(12-10-33)25-6-4-22-19(2)31-14-23(22)32-25/h3-8,18-19,21,31H,9-12,14-17H2,1-2H3/t18-,19+,21+/m1/s1. The third kappa shape index (κ3) is 4.37. The quantitative estimate of drug-likeness (QED) is 0.599. The molecular weight excluding hydrogens is 452 g/mol. The number of nitrogens with zero attached hydrogens (tertiary/aromatic N) is 7. The van der Waals surface area contributed by atoms with E-state index in [0.717, 1.165) is 69.4 Å². The Balaban J connectivity index is 1.11. The Morgan fingerprint density at radius 3 is 2.61 bits per heavy atom. The molecule has 3 aromatic rings. The SMILES string of the molecule is C[C@@H]1CN(c2ccc(C#N)c3nccnc23)C[C@H](CN2CCN(c3ccc4c(n3)CN[C@H]4C)CC2)O1. The highest BCUT2D eigenvalue weighted by Gasteiger charge is 2.30. The number of nitriles is 1. The summed E-state index contributed by atoms with van der Waals surface area (Å²) in [5, 5.41) is 13.0. The van der Waals surface area contributed by atoms with Gasteiger partial charge in [-0.3, -0.25) is 14.9 Å². The molecule has 9 nitrogen and oxygen atoms in total. The number of hydrogen-bond donors (Lipinski definition) is 1. The van der Waals surface area contributed by atoms with Gasteiger partial charge in [-0.1, -0.05) is 6.07 Å². The molecule has 3 aliphatic heterocycles. The lowest BCUT2D eigenvalue weighted by molar-refractivity contribution is -0.0327. The van der Waals surface area contributed by atoms with Gasteiger partial charge in [0.1, 0.15) is 22.9 Å². The molecule has 0 amide bonds. The summed E-state index contributed by atoms with van der Waals surface area (Å²) in [5.41, 5.74) is 5.53. The molecule has 2 aromatic heterocycles. The van der Waals surface area contributed by atoms with Crippen LogP contribution in [0.15, 0.2) is 36.7 Å². The monoisotopic (exact) mass is 484 g/mol. The minimum absolute atomic E-state index is 0.105. The van der Waals surface area contributed by atoms with Crippen LogP contribution < -0.4 is 15.1 Å². The van der Waals surface area contributed by atoms with Crippen LogP contribution in [0.1, 0.15) is 36.7 Å². The van der Waals surface area contributed by atoms with E-state index < -0.39 is 0 Å². The van der Waals surface area contributed by atoms with Crippen molar-refractivity contribution in [3.05, 3.63) is 53.5 Å². The summed E-state index contributed by atoms with van der Waals surface area (Å²) in [6, 6.07) is 10.9. The van der Waals surface area contributed by atoms with Crippen molar-refractivity contribution in [1.29, 1.82) is 5.26 Å². The summed E-state index contributed by atoms with van der Waals surface area (Å²) >= 11 is 0. The molecule has 2 saturated heterocycles. The lowest BCUT2D eigenvalue weighted by Gasteiger charge is -2.42. The minimum atomic E-state index is 0.105. The lowest BCUT2D eigenvalue weighted by Crippen LogP contribution is -2.54. The second kappa shape index (κ2) is 9.62. The number of anilines is 2. The normalized spacial score (nSPS) is 24.6. The van der Waals surface area contributed by atoms with Crippen molar-refractivity contribution in [2.75, 3.05) is 55.6 Å². The molecule has 3 aliphatic rings. The van der Waals surface area contributed by atoms with Crippen LogP contribution in [-0.4, -0.2) is 77.9 Å². The number of rotatable bonds is 4. The van der Waals surface area contributed by atoms with Gasteiger partial charge in [-0.05, 0) is 37.6 Å². The summed E-state index contributed by atoms with van der Waals surface area (Å²) in [7, 11) is 0. The van der Waals surface area contributed by atoms with Gasteiger partial charge in [-0.2, -0.15) is 5.26 Å². The molecule has 186 valence electrons. The molecule has 0 spiro atoms. The van der Waals surface area contributed by atoms with Crippen molar-refractivity contribution in [2.45, 2.75) is 38.6 Å². The highest BCUT2D eigenvalue weighted by molar-refractivity contribution is 5.92. The average Bonchev–Trinajstić information content (AvgIpc) is 3.28. The number of morpholine rings is 1. The predicted octanol–water partition coefficient (Wildman–Crippen LogP) is 2.48. The fourth-order valence-corrected chi connectivity index (χ4v) is 5.75. The van der Waals surface area contributed by atoms with Crippen molar-refractivity contribution in [1.82, 2.24) is 25.2 Å². The zero-order chi connectivity index (χ0) is 24.6. The van der Waals surface area contributed by atoms with E-state index in [9.17, 15) is 5.26 Å². The Hall–Kier alpha value is -3.32. The van der Waals surface area contributed by atoms with E-state index in [1.165, 1.54) is 11.3 Å². The summed E-state index contributed by atoms with van der Waals surface area (Å²) in [6.07, 6.45) is 3.56. The summed E-state index contributed by atoms with van der Waals surface area (Å²) < 4.78 is 6.37. The molecule has 1 aromatic carbocycles. The van der Waals surface area contributed by atoms with Gasteiger partial charge in [0.2, 0.25) is 0 Å². The predicted molar refractivity (Wildman–Crippen MR) is 139 cm³/mol. The number of fused-ring (bicyclic) bond motifs is 2. The molecule has 0 unspecified atom stereocenters. The van der Waals surface area contributed by atoms with Crippen LogP contribution in [0.2, 0.25) is 0 Å². The van der Waals surface area contributed by atoms with Crippen LogP contribution in [0.4, 0.5) is 11.5 Å². The number of nitrogens with one attached hydrogen (secondary N) is 1. The largest absolute Gasteiger partial charge is 0.370 e. The van der Waals surface area contributed by atoms with Crippen molar-refractivity contribution < 1.29 is 4.74 Å². The second-order valence-corrected chi connectivity index (χ2v) is 10.1. The van der Waals surface area contributed by atoms with E-state index >= 15 is 0 Å². The molecule has 0 radical (unpaired) electrons. The van der Waals surface area contributed by atoms with Crippen LogP contribution in [0, 0.1) is 11.3 Å². The highest BCUT2D eigenvalue weighted by atomic mass is 16.5. The van der Waals surface area contributed by atoms with E-state index in [1.807, 2.05) is 12.1 Å². The third-order valence-electron chi connectivity index (χ3n) is 7.59. The first kappa shape index (κ1) is 23.1. The number of ether oxygens (including phenoxy) is 1. The van der Waals surface area contributed by atoms with Gasteiger partial charge in [0.25, 0.3) is 0 Å². The Morgan fingerprint density at radius 1 is 1.00 bits per heavy atom. The van der Waals surface area contributed by atoms with Gasteiger partial charge >= 0.3 is 0 Å². The first-order valence-electron chi connectivity index (χ1n) is 12.8. The number of hydrogen-bond acceptors (Lipinski definition) is 9. The first-order valence-corrected chi connectivity index (χ1v) is 12.8. The molecule has 36 heavy (non-hydrogen) atoms. The van der Waals surface area contributed by atoms with Gasteiger partial charge in [-0.25, -0.2) is 4.98 Å². The Bertz CT molecular complexity index is 1300. The maximum atomic E-state index is 9.48. The van der Waals surface area contributed by atoms with Crippen LogP contribution in [0.25, 0.3) is 11.0 Å². The number of aromatic nitrogens is 3. The van der Waals surface area contributed by atoms with Gasteiger partial charge < -0.3 is 19.9 Å². The molecule has 1 N–H and O–H groups in total. The van der Waals surface area contributed by atoms with Crippen LogP contribution in [0.5, 0.6) is 0 Å². The summed E-state index contributed by atoms with van der Waals surface area (Å²) in [4.78, 5) is 21.2.